The van der Waals surface area contributed by atoms with Crippen molar-refractivity contribution in [2.45, 2.75) is 20.0 Å². The highest BCUT2D eigenvalue weighted by molar-refractivity contribution is 5.91. The lowest BCUT2D eigenvalue weighted by Crippen LogP contribution is -2.11. The number of halogens is 2. The SMILES string of the molecule is COC(=O)n1ccc2c(F)c(OC(C)C)cc(F)c21. The molecule has 0 spiro atoms. The summed E-state index contributed by atoms with van der Waals surface area (Å²) in [6, 6.07) is 2.23. The molecule has 102 valence electrons. The predicted molar refractivity (Wildman–Crippen MR) is 65.4 cm³/mol. The molecule has 0 unspecified atom stereocenters. The highest BCUT2D eigenvalue weighted by Gasteiger charge is 2.20. The molecule has 0 amide bonds. The van der Waals surface area contributed by atoms with Gasteiger partial charge in [-0.15, -0.1) is 0 Å². The molecule has 0 N–H and O–H groups in total. The molecule has 0 aliphatic rings. The van der Waals surface area contributed by atoms with Crippen LogP contribution in [0.3, 0.4) is 0 Å². The minimum absolute atomic E-state index is 0.0268. The Morgan fingerprint density at radius 1 is 1.37 bits per heavy atom. The van der Waals surface area contributed by atoms with Gasteiger partial charge in [-0.25, -0.2) is 18.1 Å². The van der Waals surface area contributed by atoms with Crippen molar-refractivity contribution in [3.8, 4) is 5.75 Å². The molecule has 2 rings (SSSR count). The average Bonchev–Trinajstić information content (AvgIpc) is 2.79. The zero-order chi connectivity index (χ0) is 14.2. The monoisotopic (exact) mass is 269 g/mol. The maximum absolute atomic E-state index is 14.1. The van der Waals surface area contributed by atoms with Crippen molar-refractivity contribution in [3.63, 3.8) is 0 Å². The number of fused-ring (bicyclic) bond motifs is 1. The van der Waals surface area contributed by atoms with Crippen LogP contribution in [0.25, 0.3) is 10.9 Å². The maximum Gasteiger partial charge on any atom is 0.418 e. The van der Waals surface area contributed by atoms with E-state index in [-0.39, 0.29) is 22.8 Å². The van der Waals surface area contributed by atoms with Crippen LogP contribution in [0.15, 0.2) is 18.3 Å². The first kappa shape index (κ1) is 13.3. The Kier molecular flexibility index (Phi) is 3.42. The normalized spacial score (nSPS) is 11.1. The third kappa shape index (κ3) is 2.25. The number of hydrogen-bond acceptors (Lipinski definition) is 3. The van der Waals surface area contributed by atoms with Crippen molar-refractivity contribution in [1.29, 1.82) is 0 Å². The molecule has 1 aromatic carbocycles. The van der Waals surface area contributed by atoms with Gasteiger partial charge in [0, 0.05) is 17.6 Å². The van der Waals surface area contributed by atoms with Gasteiger partial charge in [0.15, 0.2) is 17.4 Å². The number of aromatic nitrogens is 1. The van der Waals surface area contributed by atoms with Crippen molar-refractivity contribution < 1.29 is 23.0 Å². The smallest absolute Gasteiger partial charge is 0.418 e. The van der Waals surface area contributed by atoms with E-state index in [2.05, 4.69) is 4.74 Å². The summed E-state index contributed by atoms with van der Waals surface area (Å²) in [4.78, 5) is 11.4. The highest BCUT2D eigenvalue weighted by atomic mass is 19.1. The fourth-order valence-corrected chi connectivity index (χ4v) is 1.82. The van der Waals surface area contributed by atoms with Gasteiger partial charge in [-0.1, -0.05) is 0 Å². The summed E-state index contributed by atoms with van der Waals surface area (Å²) < 4.78 is 38.7. The number of hydrogen-bond donors (Lipinski definition) is 0. The minimum atomic E-state index is -0.786. The van der Waals surface area contributed by atoms with Crippen molar-refractivity contribution in [2.24, 2.45) is 0 Å². The third-order valence-electron chi connectivity index (χ3n) is 2.56. The van der Waals surface area contributed by atoms with Gasteiger partial charge in [0.05, 0.1) is 18.7 Å². The molecule has 2 aromatic rings. The molecule has 0 fully saturated rings. The van der Waals surface area contributed by atoms with Crippen molar-refractivity contribution in [3.05, 3.63) is 30.0 Å². The Hall–Kier alpha value is -2.11. The van der Waals surface area contributed by atoms with Crippen LogP contribution in [-0.2, 0) is 4.74 Å². The number of benzene rings is 1. The summed E-state index contributed by atoms with van der Waals surface area (Å²) in [6.45, 7) is 3.42. The van der Waals surface area contributed by atoms with Gasteiger partial charge in [-0.3, -0.25) is 0 Å². The Morgan fingerprint density at radius 2 is 2.05 bits per heavy atom. The molecule has 0 saturated heterocycles. The Morgan fingerprint density at radius 3 is 2.63 bits per heavy atom. The highest BCUT2D eigenvalue weighted by Crippen LogP contribution is 2.30. The standard InChI is InChI=1S/C13H13F2NO3/c1-7(2)19-10-6-9(14)12-8(11(10)15)4-5-16(12)13(17)18-3/h4-7H,1-3H3. The molecule has 0 atom stereocenters. The Bertz CT molecular complexity index is 634. The zero-order valence-corrected chi connectivity index (χ0v) is 10.7. The number of carbonyl (C=O) groups is 1. The quantitative estimate of drug-likeness (QED) is 0.839. The molecule has 1 aromatic heterocycles. The molecular weight excluding hydrogens is 256 g/mol. The lowest BCUT2D eigenvalue weighted by molar-refractivity contribution is 0.174. The van der Waals surface area contributed by atoms with Crippen LogP contribution in [0.5, 0.6) is 5.75 Å². The van der Waals surface area contributed by atoms with Gasteiger partial charge >= 0.3 is 6.09 Å². The number of methoxy groups -OCH3 is 1. The van der Waals surface area contributed by atoms with E-state index in [1.54, 1.807) is 13.8 Å². The summed E-state index contributed by atoms with van der Waals surface area (Å²) in [5.74, 6) is -1.63. The minimum Gasteiger partial charge on any atom is -0.488 e. The van der Waals surface area contributed by atoms with Gasteiger partial charge in [0.1, 0.15) is 0 Å². The van der Waals surface area contributed by atoms with E-state index in [1.165, 1.54) is 19.4 Å². The van der Waals surface area contributed by atoms with Gasteiger partial charge in [0.25, 0.3) is 0 Å². The van der Waals surface area contributed by atoms with Crippen LogP contribution >= 0.6 is 0 Å². The average molecular weight is 269 g/mol. The molecule has 0 saturated carbocycles. The summed E-state index contributed by atoms with van der Waals surface area (Å²) in [6.07, 6.45) is 0.182. The maximum atomic E-state index is 14.1. The molecule has 1 heterocycles. The van der Waals surface area contributed by atoms with E-state index >= 15 is 0 Å². The van der Waals surface area contributed by atoms with E-state index in [0.29, 0.717) is 0 Å². The molecular formula is C13H13F2NO3. The van der Waals surface area contributed by atoms with Crippen LogP contribution in [0.4, 0.5) is 13.6 Å². The lowest BCUT2D eigenvalue weighted by atomic mass is 10.2. The van der Waals surface area contributed by atoms with Crippen LogP contribution in [0.1, 0.15) is 13.8 Å². The molecule has 19 heavy (non-hydrogen) atoms. The van der Waals surface area contributed by atoms with Crippen LogP contribution in [0, 0.1) is 11.6 Å². The van der Waals surface area contributed by atoms with Crippen LogP contribution < -0.4 is 4.74 Å². The molecule has 0 radical (unpaired) electrons. The van der Waals surface area contributed by atoms with Crippen LogP contribution in [-0.4, -0.2) is 23.9 Å². The second-order valence-corrected chi connectivity index (χ2v) is 4.26. The molecule has 0 aliphatic carbocycles. The third-order valence-corrected chi connectivity index (χ3v) is 2.56. The van der Waals surface area contributed by atoms with Gasteiger partial charge in [-0.2, -0.15) is 0 Å². The molecule has 0 bridgehead atoms. The molecule has 4 nitrogen and oxygen atoms in total. The summed E-state index contributed by atoms with van der Waals surface area (Å²) in [7, 11) is 1.17. The van der Waals surface area contributed by atoms with E-state index in [9.17, 15) is 13.6 Å². The topological polar surface area (TPSA) is 40.5 Å². The van der Waals surface area contributed by atoms with Gasteiger partial charge in [-0.05, 0) is 19.9 Å². The number of nitrogens with zero attached hydrogens (tertiary/aromatic N) is 1. The first-order chi connectivity index (χ1) is 8.95. The van der Waals surface area contributed by atoms with E-state index in [1.807, 2.05) is 0 Å². The second-order valence-electron chi connectivity index (χ2n) is 4.26. The number of rotatable bonds is 2. The zero-order valence-electron chi connectivity index (χ0n) is 10.7. The fourth-order valence-electron chi connectivity index (χ4n) is 1.82. The fraction of sp³-hybridized carbons (Fsp3) is 0.308. The summed E-state index contributed by atoms with van der Waals surface area (Å²) in [5.41, 5.74) is -0.166. The Balaban J connectivity index is 2.65. The summed E-state index contributed by atoms with van der Waals surface area (Å²) >= 11 is 0. The Labute approximate surface area is 108 Å². The predicted octanol–water partition coefficient (Wildman–Crippen LogP) is 3.32. The van der Waals surface area contributed by atoms with E-state index in [0.717, 1.165) is 10.6 Å². The van der Waals surface area contributed by atoms with Gasteiger partial charge < -0.3 is 9.47 Å². The first-order valence-corrected chi connectivity index (χ1v) is 5.69. The van der Waals surface area contributed by atoms with E-state index < -0.39 is 17.7 Å². The molecule has 0 aliphatic heterocycles. The van der Waals surface area contributed by atoms with Crippen molar-refractivity contribution in [2.75, 3.05) is 7.11 Å². The number of carbonyl (C=O) groups excluding carboxylic acids is 1. The van der Waals surface area contributed by atoms with Crippen molar-refractivity contribution in [1.82, 2.24) is 4.57 Å². The largest absolute Gasteiger partial charge is 0.488 e. The lowest BCUT2D eigenvalue weighted by Gasteiger charge is -2.12. The molecule has 6 heteroatoms. The summed E-state index contributed by atoms with van der Waals surface area (Å²) in [5, 5.41) is -0.0268. The second kappa shape index (κ2) is 4.87. The number of ether oxygens (including phenoxy) is 2. The van der Waals surface area contributed by atoms with E-state index in [4.69, 9.17) is 4.74 Å². The van der Waals surface area contributed by atoms with Crippen LogP contribution in [0.2, 0.25) is 0 Å². The first-order valence-electron chi connectivity index (χ1n) is 5.69. The van der Waals surface area contributed by atoms with Gasteiger partial charge in [0.2, 0.25) is 0 Å². The van der Waals surface area contributed by atoms with Crippen molar-refractivity contribution >= 4 is 17.0 Å².